The van der Waals surface area contributed by atoms with Gasteiger partial charge in [-0.05, 0) is 44.2 Å². The van der Waals surface area contributed by atoms with E-state index < -0.39 is 11.6 Å². The van der Waals surface area contributed by atoms with Crippen molar-refractivity contribution in [1.29, 1.82) is 0 Å². The minimum atomic E-state index is -0.533. The molecule has 2 aliphatic rings. The van der Waals surface area contributed by atoms with Crippen LogP contribution in [-0.2, 0) is 11.3 Å². The van der Waals surface area contributed by atoms with E-state index in [2.05, 4.69) is 10.4 Å². The van der Waals surface area contributed by atoms with Crippen LogP contribution in [0.5, 0.6) is 0 Å². The van der Waals surface area contributed by atoms with Gasteiger partial charge in [0.1, 0.15) is 16.7 Å². The monoisotopic (exact) mass is 454 g/mol. The first-order valence-corrected chi connectivity index (χ1v) is 11.1. The number of ether oxygens (including phenoxy) is 1. The Kier molecular flexibility index (Phi) is 8.80. The summed E-state index contributed by atoms with van der Waals surface area (Å²) >= 11 is 6.06. The number of halogens is 3. The summed E-state index contributed by atoms with van der Waals surface area (Å²) in [6, 6.07) is 3.81. The van der Waals surface area contributed by atoms with E-state index in [1.54, 1.807) is 7.05 Å². The summed E-state index contributed by atoms with van der Waals surface area (Å²) < 4.78 is 34.0. The Labute approximate surface area is 186 Å². The third-order valence-corrected chi connectivity index (χ3v) is 6.00. The van der Waals surface area contributed by atoms with E-state index in [9.17, 15) is 13.6 Å². The van der Waals surface area contributed by atoms with Gasteiger partial charge in [0.15, 0.2) is 0 Å². The average molecular weight is 455 g/mol. The molecule has 0 saturated carbocycles. The number of nitrogens with one attached hydrogen (secondary N) is 1. The smallest absolute Gasteiger partial charge is 0.287 e. The second kappa shape index (κ2) is 11.5. The van der Waals surface area contributed by atoms with Crippen LogP contribution in [0.2, 0.25) is 5.02 Å². The van der Waals surface area contributed by atoms with Crippen LogP contribution in [0.25, 0.3) is 0 Å². The molecular formula is C22H29ClF2N4O2. The molecule has 0 spiro atoms. The number of likely N-dealkylation sites (tertiary alicyclic amines) is 1. The molecule has 2 saturated heterocycles. The molecule has 2 aromatic rings. The average Bonchev–Trinajstić information content (AvgIpc) is 2.80. The molecular weight excluding hydrogens is 426 g/mol. The zero-order valence-electron chi connectivity index (χ0n) is 17.7. The van der Waals surface area contributed by atoms with Crippen molar-refractivity contribution in [2.24, 2.45) is 0 Å². The summed E-state index contributed by atoms with van der Waals surface area (Å²) in [6.07, 6.45) is 6.79. The normalized spacial score (nSPS) is 17.7. The maximum Gasteiger partial charge on any atom is 0.287 e. The number of hydrogen-bond acceptors (Lipinski definition) is 5. The molecule has 0 aliphatic carbocycles. The highest BCUT2D eigenvalue weighted by Crippen LogP contribution is 2.24. The molecule has 2 aliphatic heterocycles. The molecule has 1 aromatic carbocycles. The lowest BCUT2D eigenvalue weighted by Crippen LogP contribution is -2.38. The zero-order valence-corrected chi connectivity index (χ0v) is 18.5. The van der Waals surface area contributed by atoms with Gasteiger partial charge in [-0.3, -0.25) is 9.69 Å². The molecule has 1 N–H and O–H groups in total. The molecule has 170 valence electrons. The van der Waals surface area contributed by atoms with Crippen molar-refractivity contribution in [2.45, 2.75) is 44.7 Å². The number of rotatable bonds is 4. The van der Waals surface area contributed by atoms with Crippen LogP contribution < -0.4 is 10.9 Å². The van der Waals surface area contributed by atoms with Gasteiger partial charge in [-0.25, -0.2) is 13.5 Å². The molecule has 6 nitrogen and oxygen atoms in total. The van der Waals surface area contributed by atoms with E-state index in [0.717, 1.165) is 13.2 Å². The third kappa shape index (κ3) is 6.24. The number of aromatic nitrogens is 2. The standard InChI is InChI=1S/C17H19ClF2N4O.C5H10O/c1-21-15-9-22-24(17(25)16(15)18)11-5-7-23(8-6-11)10-12-13(19)3-2-4-14(12)20;1-2-4-6-5-3-1/h2-4,9,11,21H,5-8,10H2,1H3;1-5H2. The van der Waals surface area contributed by atoms with Crippen molar-refractivity contribution in [3.63, 3.8) is 0 Å². The Bertz CT molecular complexity index is 881. The van der Waals surface area contributed by atoms with Gasteiger partial charge < -0.3 is 10.1 Å². The number of piperidine rings is 1. The maximum absolute atomic E-state index is 13.8. The summed E-state index contributed by atoms with van der Waals surface area (Å²) in [7, 11) is 1.67. The fourth-order valence-corrected chi connectivity index (χ4v) is 4.03. The van der Waals surface area contributed by atoms with Gasteiger partial charge in [0.25, 0.3) is 5.56 Å². The lowest BCUT2D eigenvalue weighted by atomic mass is 10.0. The highest BCUT2D eigenvalue weighted by Gasteiger charge is 2.24. The Balaban J connectivity index is 0.000000391. The molecule has 0 radical (unpaired) electrons. The van der Waals surface area contributed by atoms with Crippen molar-refractivity contribution in [3.8, 4) is 0 Å². The van der Waals surface area contributed by atoms with Crippen LogP contribution in [0.3, 0.4) is 0 Å². The van der Waals surface area contributed by atoms with Gasteiger partial charge in [-0.15, -0.1) is 0 Å². The van der Waals surface area contributed by atoms with E-state index in [1.807, 2.05) is 4.90 Å². The fraction of sp³-hybridized carbons (Fsp3) is 0.545. The topological polar surface area (TPSA) is 59.4 Å². The summed E-state index contributed by atoms with van der Waals surface area (Å²) in [5.41, 5.74) is 0.250. The van der Waals surface area contributed by atoms with Crippen LogP contribution >= 0.6 is 11.6 Å². The number of nitrogens with zero attached hydrogens (tertiary/aromatic N) is 3. The minimum absolute atomic E-state index is 0.0716. The summed E-state index contributed by atoms with van der Waals surface area (Å²) in [6.45, 7) is 3.46. The van der Waals surface area contributed by atoms with E-state index >= 15 is 0 Å². The first kappa shape index (κ1) is 23.6. The lowest BCUT2D eigenvalue weighted by Gasteiger charge is -2.32. The van der Waals surface area contributed by atoms with Crippen molar-refractivity contribution in [2.75, 3.05) is 38.7 Å². The van der Waals surface area contributed by atoms with E-state index in [1.165, 1.54) is 48.3 Å². The zero-order chi connectivity index (χ0) is 22.2. The molecule has 0 bridgehead atoms. The van der Waals surface area contributed by atoms with E-state index in [4.69, 9.17) is 16.3 Å². The molecule has 2 fully saturated rings. The summed E-state index contributed by atoms with van der Waals surface area (Å²) in [4.78, 5) is 14.3. The predicted molar refractivity (Wildman–Crippen MR) is 118 cm³/mol. The molecule has 0 amide bonds. The fourth-order valence-electron chi connectivity index (χ4n) is 3.80. The van der Waals surface area contributed by atoms with Gasteiger partial charge in [-0.2, -0.15) is 5.10 Å². The number of hydrogen-bond donors (Lipinski definition) is 1. The van der Waals surface area contributed by atoms with Crippen molar-refractivity contribution in [1.82, 2.24) is 14.7 Å². The van der Waals surface area contributed by atoms with E-state index in [-0.39, 0.29) is 28.7 Å². The summed E-state index contributed by atoms with van der Waals surface area (Å²) in [5, 5.41) is 7.13. The molecule has 0 atom stereocenters. The largest absolute Gasteiger partial charge is 0.385 e. The second-order valence-corrected chi connectivity index (χ2v) is 8.13. The Morgan fingerprint density at radius 3 is 2.32 bits per heavy atom. The van der Waals surface area contributed by atoms with Crippen molar-refractivity contribution in [3.05, 3.63) is 57.0 Å². The lowest BCUT2D eigenvalue weighted by molar-refractivity contribution is 0.0968. The van der Waals surface area contributed by atoms with Crippen LogP contribution in [0.4, 0.5) is 14.5 Å². The van der Waals surface area contributed by atoms with Crippen molar-refractivity contribution < 1.29 is 13.5 Å². The van der Waals surface area contributed by atoms with Gasteiger partial charge >= 0.3 is 0 Å². The van der Waals surface area contributed by atoms with E-state index in [0.29, 0.717) is 31.6 Å². The first-order chi connectivity index (χ1) is 15.0. The highest BCUT2D eigenvalue weighted by atomic mass is 35.5. The predicted octanol–water partition coefficient (Wildman–Crippen LogP) is 4.24. The first-order valence-electron chi connectivity index (χ1n) is 10.7. The van der Waals surface area contributed by atoms with Crippen LogP contribution in [-0.4, -0.2) is 48.0 Å². The van der Waals surface area contributed by atoms with Gasteiger partial charge in [0.2, 0.25) is 0 Å². The van der Waals surface area contributed by atoms with Gasteiger partial charge in [0, 0.05) is 45.5 Å². The molecule has 4 rings (SSSR count). The van der Waals surface area contributed by atoms with Crippen LogP contribution in [0.1, 0.15) is 43.7 Å². The highest BCUT2D eigenvalue weighted by molar-refractivity contribution is 6.32. The minimum Gasteiger partial charge on any atom is -0.385 e. The maximum atomic E-state index is 13.8. The Hall–Kier alpha value is -2.03. The second-order valence-electron chi connectivity index (χ2n) is 7.75. The van der Waals surface area contributed by atoms with Gasteiger partial charge in [0.05, 0.1) is 17.9 Å². The number of anilines is 1. The Morgan fingerprint density at radius 2 is 1.81 bits per heavy atom. The van der Waals surface area contributed by atoms with Crippen LogP contribution in [0.15, 0.2) is 29.2 Å². The quantitative estimate of drug-likeness (QED) is 0.748. The Morgan fingerprint density at radius 1 is 1.16 bits per heavy atom. The summed E-state index contributed by atoms with van der Waals surface area (Å²) in [5.74, 6) is -1.07. The van der Waals surface area contributed by atoms with Crippen LogP contribution in [0, 0.1) is 11.6 Å². The van der Waals surface area contributed by atoms with Gasteiger partial charge in [-0.1, -0.05) is 17.7 Å². The molecule has 0 unspecified atom stereocenters. The third-order valence-electron chi connectivity index (χ3n) is 5.64. The molecule has 31 heavy (non-hydrogen) atoms. The SMILES string of the molecule is C1CCOCC1.CNc1cnn(C2CCN(Cc3c(F)cccc3F)CC2)c(=O)c1Cl. The molecule has 3 heterocycles. The molecule has 9 heteroatoms. The number of benzene rings is 1. The molecule has 1 aromatic heterocycles. The van der Waals surface area contributed by atoms with Crippen molar-refractivity contribution >= 4 is 17.3 Å².